The van der Waals surface area contributed by atoms with Gasteiger partial charge < -0.3 is 15.0 Å². The Bertz CT molecular complexity index is 266. The minimum atomic E-state index is -0.412. The summed E-state index contributed by atoms with van der Waals surface area (Å²) in [6.07, 6.45) is 5.67. The third-order valence-electron chi connectivity index (χ3n) is 3.39. The van der Waals surface area contributed by atoms with Gasteiger partial charge in [0, 0.05) is 19.1 Å². The van der Waals surface area contributed by atoms with Gasteiger partial charge in [0.2, 0.25) is 0 Å². The smallest absolute Gasteiger partial charge is 0.407 e. The predicted molar refractivity (Wildman–Crippen MR) is 78.4 cm³/mol. The topological polar surface area (TPSA) is 41.6 Å². The molecule has 0 atom stereocenters. The number of unbranched alkanes of at least 4 members (excludes halogenated alkanes) is 2. The summed E-state index contributed by atoms with van der Waals surface area (Å²) in [7, 11) is 0. The molecule has 1 rings (SSSR count). The number of hydrogen-bond acceptors (Lipinski definition) is 3. The molecular weight excluding hydrogens is 240 g/mol. The molecule has 0 aromatic rings. The molecule has 0 radical (unpaired) electrons. The maximum atomic E-state index is 11.7. The fourth-order valence-corrected chi connectivity index (χ4v) is 2.36. The molecule has 1 N–H and O–H groups in total. The van der Waals surface area contributed by atoms with Crippen LogP contribution in [0, 0.1) is 0 Å². The molecule has 0 spiro atoms. The highest BCUT2D eigenvalue weighted by Gasteiger charge is 2.23. The van der Waals surface area contributed by atoms with Crippen molar-refractivity contribution in [3.63, 3.8) is 0 Å². The molecule has 0 aliphatic carbocycles. The first-order valence-electron chi connectivity index (χ1n) is 7.62. The Morgan fingerprint density at radius 1 is 1.26 bits per heavy atom. The lowest BCUT2D eigenvalue weighted by atomic mass is 10.0. The maximum Gasteiger partial charge on any atom is 0.407 e. The van der Waals surface area contributed by atoms with Crippen molar-refractivity contribution in [2.45, 2.75) is 71.4 Å². The summed E-state index contributed by atoms with van der Waals surface area (Å²) in [5.41, 5.74) is -0.412. The summed E-state index contributed by atoms with van der Waals surface area (Å²) in [6.45, 7) is 11.3. The van der Waals surface area contributed by atoms with E-state index in [2.05, 4.69) is 17.1 Å². The number of ether oxygens (including phenoxy) is 1. The van der Waals surface area contributed by atoms with Crippen LogP contribution in [0.25, 0.3) is 0 Å². The van der Waals surface area contributed by atoms with Gasteiger partial charge in [-0.15, -0.1) is 0 Å². The van der Waals surface area contributed by atoms with Crippen molar-refractivity contribution < 1.29 is 9.53 Å². The molecule has 4 heteroatoms. The van der Waals surface area contributed by atoms with Gasteiger partial charge in [0.25, 0.3) is 0 Å². The molecule has 0 saturated carbocycles. The Hall–Kier alpha value is -0.770. The molecule has 4 nitrogen and oxygen atoms in total. The van der Waals surface area contributed by atoms with Gasteiger partial charge in [-0.2, -0.15) is 0 Å². The van der Waals surface area contributed by atoms with Crippen molar-refractivity contribution in [3.8, 4) is 0 Å². The van der Waals surface area contributed by atoms with Crippen molar-refractivity contribution in [3.05, 3.63) is 0 Å². The van der Waals surface area contributed by atoms with Gasteiger partial charge in [-0.25, -0.2) is 4.79 Å². The molecule has 0 aromatic heterocycles. The molecule has 112 valence electrons. The minimum Gasteiger partial charge on any atom is -0.444 e. The molecule has 0 aromatic carbocycles. The molecule has 1 fully saturated rings. The number of carbonyl (C=O) groups is 1. The second-order valence-electron chi connectivity index (χ2n) is 6.47. The maximum absolute atomic E-state index is 11.7. The van der Waals surface area contributed by atoms with E-state index >= 15 is 0 Å². The van der Waals surface area contributed by atoms with E-state index in [9.17, 15) is 4.79 Å². The van der Waals surface area contributed by atoms with E-state index in [0.717, 1.165) is 25.9 Å². The van der Waals surface area contributed by atoms with Crippen LogP contribution in [0.3, 0.4) is 0 Å². The Balaban J connectivity index is 2.17. The fraction of sp³-hybridized carbons (Fsp3) is 0.933. The molecule has 19 heavy (non-hydrogen) atoms. The van der Waals surface area contributed by atoms with E-state index in [0.29, 0.717) is 0 Å². The Kier molecular flexibility index (Phi) is 6.63. The monoisotopic (exact) mass is 270 g/mol. The molecule has 1 heterocycles. The summed E-state index contributed by atoms with van der Waals surface area (Å²) in [5, 5.41) is 2.98. The van der Waals surface area contributed by atoms with Crippen molar-refractivity contribution in [2.24, 2.45) is 0 Å². The largest absolute Gasteiger partial charge is 0.444 e. The molecule has 0 bridgehead atoms. The van der Waals surface area contributed by atoms with Crippen LogP contribution in [-0.2, 0) is 4.74 Å². The average Bonchev–Trinajstić information content (AvgIpc) is 2.29. The van der Waals surface area contributed by atoms with Gasteiger partial charge in [0.15, 0.2) is 0 Å². The lowest BCUT2D eigenvalue weighted by Gasteiger charge is -2.32. The Morgan fingerprint density at radius 2 is 1.89 bits per heavy atom. The zero-order valence-electron chi connectivity index (χ0n) is 13.0. The van der Waals surface area contributed by atoms with E-state index in [1.807, 2.05) is 20.8 Å². The van der Waals surface area contributed by atoms with E-state index < -0.39 is 5.60 Å². The van der Waals surface area contributed by atoms with Gasteiger partial charge in [-0.05, 0) is 46.6 Å². The quantitative estimate of drug-likeness (QED) is 0.780. The summed E-state index contributed by atoms with van der Waals surface area (Å²) in [4.78, 5) is 14.2. The molecule has 1 aliphatic rings. The number of carbonyl (C=O) groups excluding carboxylic acids is 1. The minimum absolute atomic E-state index is 0.275. The third kappa shape index (κ3) is 7.41. The molecule has 0 unspecified atom stereocenters. The van der Waals surface area contributed by atoms with Crippen LogP contribution in [0.15, 0.2) is 0 Å². The molecular formula is C15H30N2O2. The van der Waals surface area contributed by atoms with E-state index in [1.165, 1.54) is 25.8 Å². The number of nitrogens with zero attached hydrogens (tertiary/aromatic N) is 1. The van der Waals surface area contributed by atoms with Gasteiger partial charge >= 0.3 is 6.09 Å². The van der Waals surface area contributed by atoms with Crippen LogP contribution < -0.4 is 5.32 Å². The number of likely N-dealkylation sites (tertiary alicyclic amines) is 1. The highest BCUT2D eigenvalue weighted by atomic mass is 16.6. The summed E-state index contributed by atoms with van der Waals surface area (Å²) >= 11 is 0. The predicted octanol–water partition coefficient (Wildman–Crippen LogP) is 3.17. The lowest BCUT2D eigenvalue weighted by molar-refractivity contribution is 0.0479. The van der Waals surface area contributed by atoms with Crippen LogP contribution in [0.5, 0.6) is 0 Å². The van der Waals surface area contributed by atoms with Crippen molar-refractivity contribution in [2.75, 3.05) is 19.6 Å². The van der Waals surface area contributed by atoms with Crippen LogP contribution >= 0.6 is 0 Å². The second kappa shape index (κ2) is 7.73. The number of rotatable bonds is 5. The van der Waals surface area contributed by atoms with Crippen molar-refractivity contribution in [1.82, 2.24) is 10.2 Å². The number of alkyl carbamates (subject to hydrolysis) is 1. The van der Waals surface area contributed by atoms with Crippen LogP contribution in [0.4, 0.5) is 4.79 Å². The van der Waals surface area contributed by atoms with Crippen molar-refractivity contribution >= 4 is 6.09 Å². The van der Waals surface area contributed by atoms with E-state index in [1.54, 1.807) is 0 Å². The van der Waals surface area contributed by atoms with Crippen LogP contribution in [0.1, 0.15) is 59.8 Å². The van der Waals surface area contributed by atoms with Gasteiger partial charge in [-0.1, -0.05) is 19.8 Å². The third-order valence-corrected chi connectivity index (χ3v) is 3.39. The standard InChI is InChI=1S/C15H30N2O2/c1-5-6-7-10-17-11-8-13(9-12-17)16-14(18)19-15(2,3)4/h13H,5-12H2,1-4H3,(H,16,18). The SMILES string of the molecule is CCCCCN1CCC(NC(=O)OC(C)(C)C)CC1. The first-order chi connectivity index (χ1) is 8.90. The van der Waals surface area contributed by atoms with E-state index in [-0.39, 0.29) is 12.1 Å². The highest BCUT2D eigenvalue weighted by molar-refractivity contribution is 5.68. The molecule has 1 saturated heterocycles. The number of amides is 1. The average molecular weight is 270 g/mol. The molecule has 1 aliphatic heterocycles. The second-order valence-corrected chi connectivity index (χ2v) is 6.47. The molecule has 1 amide bonds. The fourth-order valence-electron chi connectivity index (χ4n) is 2.36. The lowest BCUT2D eigenvalue weighted by Crippen LogP contribution is -2.46. The number of hydrogen-bond donors (Lipinski definition) is 1. The highest BCUT2D eigenvalue weighted by Crippen LogP contribution is 2.13. The van der Waals surface area contributed by atoms with E-state index in [4.69, 9.17) is 4.74 Å². The Labute approximate surface area is 117 Å². The van der Waals surface area contributed by atoms with Gasteiger partial charge in [0.1, 0.15) is 5.60 Å². The van der Waals surface area contributed by atoms with Crippen LogP contribution in [0.2, 0.25) is 0 Å². The summed E-state index contributed by atoms with van der Waals surface area (Å²) < 4.78 is 5.28. The van der Waals surface area contributed by atoms with Crippen molar-refractivity contribution in [1.29, 1.82) is 0 Å². The zero-order valence-corrected chi connectivity index (χ0v) is 13.0. The summed E-state index contributed by atoms with van der Waals surface area (Å²) in [5.74, 6) is 0. The summed E-state index contributed by atoms with van der Waals surface area (Å²) in [6, 6.07) is 0.275. The number of piperidine rings is 1. The normalized spacial score (nSPS) is 18.3. The number of nitrogens with one attached hydrogen (secondary N) is 1. The first-order valence-corrected chi connectivity index (χ1v) is 7.62. The Morgan fingerprint density at radius 3 is 2.42 bits per heavy atom. The first kappa shape index (κ1) is 16.3. The van der Waals surface area contributed by atoms with Crippen LogP contribution in [-0.4, -0.2) is 42.3 Å². The van der Waals surface area contributed by atoms with Gasteiger partial charge in [0.05, 0.1) is 0 Å². The zero-order chi connectivity index (χ0) is 14.3. The van der Waals surface area contributed by atoms with Gasteiger partial charge in [-0.3, -0.25) is 0 Å².